The van der Waals surface area contributed by atoms with Gasteiger partial charge in [0.1, 0.15) is 16.5 Å². The van der Waals surface area contributed by atoms with E-state index in [2.05, 4.69) is 4.98 Å². The van der Waals surface area contributed by atoms with Crippen molar-refractivity contribution in [1.82, 2.24) is 14.8 Å². The summed E-state index contributed by atoms with van der Waals surface area (Å²) in [7, 11) is -4.24. The van der Waals surface area contributed by atoms with Crippen molar-refractivity contribution in [3.05, 3.63) is 87.6 Å². The number of hydrogen-bond acceptors (Lipinski definition) is 6. The number of halogens is 2. The van der Waals surface area contributed by atoms with Crippen LogP contribution in [-0.2, 0) is 22.9 Å². The van der Waals surface area contributed by atoms with Crippen molar-refractivity contribution in [2.24, 2.45) is 16.5 Å². The quantitative estimate of drug-likeness (QED) is 0.231. The molecule has 0 aliphatic heterocycles. The zero-order chi connectivity index (χ0) is 30.4. The lowest BCUT2D eigenvalue weighted by Crippen LogP contribution is -2.14. The number of hydrogen-bond donors (Lipinski definition) is 2. The monoisotopic (exact) mass is 612 g/mol. The molecule has 0 saturated heterocycles. The first kappa shape index (κ1) is 29.7. The minimum atomic E-state index is -4.24. The molecule has 1 fully saturated rings. The summed E-state index contributed by atoms with van der Waals surface area (Å²) in [6.07, 6.45) is 6.48. The van der Waals surface area contributed by atoms with Gasteiger partial charge in [0.2, 0.25) is 15.2 Å². The molecule has 220 valence electrons. The van der Waals surface area contributed by atoms with Crippen molar-refractivity contribution in [3.63, 3.8) is 0 Å². The Morgan fingerprint density at radius 3 is 2.50 bits per heavy atom. The summed E-state index contributed by atoms with van der Waals surface area (Å²) in [5, 5.41) is 21.3. The maximum atomic E-state index is 14.9. The largest absolute Gasteiger partial charge is 0.476 e. The van der Waals surface area contributed by atoms with Gasteiger partial charge in [0, 0.05) is 28.5 Å². The number of nitrogens with zero attached hydrogens (tertiary/aromatic N) is 3. The summed E-state index contributed by atoms with van der Waals surface area (Å²) in [6, 6.07) is 8.46. The lowest BCUT2D eigenvalue weighted by molar-refractivity contribution is 0.0691. The van der Waals surface area contributed by atoms with E-state index in [1.165, 1.54) is 17.5 Å². The van der Waals surface area contributed by atoms with Crippen LogP contribution in [0.5, 0.6) is 0 Å². The van der Waals surface area contributed by atoms with E-state index in [0.29, 0.717) is 39.9 Å². The Bertz CT molecular complexity index is 1820. The number of aromatic nitrogens is 3. The first-order valence-electron chi connectivity index (χ1n) is 13.3. The average molecular weight is 613 g/mol. The van der Waals surface area contributed by atoms with Crippen molar-refractivity contribution < 1.29 is 27.1 Å². The molecule has 2 aromatic carbocycles. The molecular formula is C30H30F2N4O4S2. The number of allylic oxidation sites excluding steroid dienone is 1. The van der Waals surface area contributed by atoms with Gasteiger partial charge in [-0.3, -0.25) is 0 Å². The Kier molecular flexibility index (Phi) is 7.90. The van der Waals surface area contributed by atoms with Crippen LogP contribution >= 0.6 is 11.3 Å². The van der Waals surface area contributed by atoms with Crippen LogP contribution in [0.3, 0.4) is 0 Å². The average Bonchev–Trinajstić information content (AvgIpc) is 3.45. The summed E-state index contributed by atoms with van der Waals surface area (Å²) in [4.78, 5) is 15.2. The molecule has 4 aromatic rings. The predicted octanol–water partition coefficient (Wildman–Crippen LogP) is 6.22. The minimum Gasteiger partial charge on any atom is -0.476 e. The number of rotatable bonds is 9. The maximum Gasteiger partial charge on any atom is 0.355 e. The number of carbonyl (C=O) groups is 1. The number of thiazole rings is 1. The van der Waals surface area contributed by atoms with Crippen LogP contribution in [0.1, 0.15) is 66.5 Å². The number of carboxylic acids is 1. The molecule has 1 saturated carbocycles. The van der Waals surface area contributed by atoms with Crippen molar-refractivity contribution in [2.45, 2.75) is 51.3 Å². The van der Waals surface area contributed by atoms with Gasteiger partial charge >= 0.3 is 5.97 Å². The minimum absolute atomic E-state index is 0.108. The Balaban J connectivity index is 1.69. The zero-order valence-corrected chi connectivity index (χ0v) is 24.9. The second kappa shape index (κ2) is 11.2. The summed E-state index contributed by atoms with van der Waals surface area (Å²) in [5.74, 6) is -2.13. The van der Waals surface area contributed by atoms with E-state index in [9.17, 15) is 27.1 Å². The lowest BCUT2D eigenvalue weighted by Gasteiger charge is -2.12. The fourth-order valence-electron chi connectivity index (χ4n) is 4.57. The molecule has 0 amide bonds. The third-order valence-electron chi connectivity index (χ3n) is 6.88. The van der Waals surface area contributed by atoms with Crippen LogP contribution in [0.15, 0.2) is 52.7 Å². The topological polar surface area (TPSA) is 128 Å². The van der Waals surface area contributed by atoms with E-state index in [1.807, 2.05) is 26.8 Å². The van der Waals surface area contributed by atoms with Crippen LogP contribution in [0.4, 0.5) is 8.78 Å². The van der Waals surface area contributed by atoms with Gasteiger partial charge in [-0.15, -0.1) is 11.3 Å². The molecule has 2 aromatic heterocycles. The molecule has 1 aliphatic rings. The van der Waals surface area contributed by atoms with E-state index in [-0.39, 0.29) is 17.5 Å². The Morgan fingerprint density at radius 2 is 1.90 bits per heavy atom. The number of sulfonamides is 1. The van der Waals surface area contributed by atoms with Crippen molar-refractivity contribution in [2.75, 3.05) is 0 Å². The molecule has 0 atom stereocenters. The number of aromatic carboxylic acids is 1. The van der Waals surface area contributed by atoms with Gasteiger partial charge in [0.25, 0.3) is 0 Å². The smallest absolute Gasteiger partial charge is 0.355 e. The van der Waals surface area contributed by atoms with E-state index >= 15 is 0 Å². The van der Waals surface area contributed by atoms with E-state index in [0.717, 1.165) is 47.6 Å². The molecular weight excluding hydrogens is 582 g/mol. The molecule has 0 unspecified atom stereocenters. The standard InChI is InChI=1S/C30H30F2N4O4S2/c1-30(2,3)11-10-19-15-20(7-8-22(19)31)27-21(12-18-6-9-26(23(32)13-18)42(33,39)40)25(14-17-4-5-17)36(35-27)29-34-24(16-41-29)28(37)38/h6-11,13,15-17H,4-5,12,14H2,1-3H3,(H,37,38)(H2,33,39,40)/b11-10+. The highest BCUT2D eigenvalue weighted by Gasteiger charge is 2.30. The second-order valence-electron chi connectivity index (χ2n) is 11.6. The predicted molar refractivity (Wildman–Crippen MR) is 157 cm³/mol. The molecule has 2 heterocycles. The van der Waals surface area contributed by atoms with E-state index in [1.54, 1.807) is 22.9 Å². The van der Waals surface area contributed by atoms with Crippen molar-refractivity contribution >= 4 is 33.4 Å². The fraction of sp³-hybridized carbons (Fsp3) is 0.300. The Labute approximate surface area is 246 Å². The molecule has 1 aliphatic carbocycles. The van der Waals surface area contributed by atoms with Crippen LogP contribution in [0.2, 0.25) is 0 Å². The number of nitrogens with two attached hydrogens (primary N) is 1. The highest BCUT2D eigenvalue weighted by Crippen LogP contribution is 2.38. The molecule has 12 heteroatoms. The van der Waals surface area contributed by atoms with Crippen molar-refractivity contribution in [1.29, 1.82) is 0 Å². The number of carboxylic acid groups (broad SMARTS) is 1. The first-order valence-corrected chi connectivity index (χ1v) is 15.7. The lowest BCUT2D eigenvalue weighted by atomic mass is 9.94. The second-order valence-corrected chi connectivity index (χ2v) is 13.9. The van der Waals surface area contributed by atoms with E-state index < -0.39 is 32.5 Å². The van der Waals surface area contributed by atoms with Crippen molar-refractivity contribution in [3.8, 4) is 16.4 Å². The summed E-state index contributed by atoms with van der Waals surface area (Å²) >= 11 is 1.14. The molecule has 5 rings (SSSR count). The first-order chi connectivity index (χ1) is 19.7. The molecule has 0 bridgehead atoms. The SMILES string of the molecule is CC(C)(C)/C=C/c1cc(-c2nn(-c3nc(C(=O)O)cs3)c(CC3CC3)c2Cc2ccc(S(N)(=O)=O)c(F)c2)ccc1F. The number of primary sulfonamides is 1. The normalized spacial score (nSPS) is 14.1. The van der Waals surface area contributed by atoms with Gasteiger partial charge in [-0.2, -0.15) is 5.10 Å². The van der Waals surface area contributed by atoms with Crippen LogP contribution in [-0.4, -0.2) is 34.3 Å². The van der Waals surface area contributed by atoms with Crippen LogP contribution in [0.25, 0.3) is 22.5 Å². The third kappa shape index (κ3) is 6.66. The molecule has 42 heavy (non-hydrogen) atoms. The molecule has 0 spiro atoms. The van der Waals surface area contributed by atoms with E-state index in [4.69, 9.17) is 10.2 Å². The third-order valence-corrected chi connectivity index (χ3v) is 8.64. The number of benzene rings is 2. The Hall–Kier alpha value is -3.74. The van der Waals surface area contributed by atoms with Gasteiger partial charge in [-0.05, 0) is 66.5 Å². The van der Waals surface area contributed by atoms with Gasteiger partial charge < -0.3 is 5.11 Å². The molecule has 3 N–H and O–H groups in total. The fourth-order valence-corrected chi connectivity index (χ4v) is 5.93. The summed E-state index contributed by atoms with van der Waals surface area (Å²) in [6.45, 7) is 6.03. The maximum absolute atomic E-state index is 14.9. The van der Waals surface area contributed by atoms with Gasteiger partial charge in [0.05, 0.1) is 11.4 Å². The molecule has 8 nitrogen and oxygen atoms in total. The van der Waals surface area contributed by atoms with Crippen LogP contribution < -0.4 is 5.14 Å². The summed E-state index contributed by atoms with van der Waals surface area (Å²) in [5.41, 5.74) is 3.22. The zero-order valence-electron chi connectivity index (χ0n) is 23.3. The van der Waals surface area contributed by atoms with Gasteiger partial charge in [-0.25, -0.2) is 36.8 Å². The molecule has 0 radical (unpaired) electrons. The van der Waals surface area contributed by atoms with Gasteiger partial charge in [0.15, 0.2) is 5.69 Å². The van der Waals surface area contributed by atoms with Gasteiger partial charge in [-0.1, -0.05) is 39.0 Å². The highest BCUT2D eigenvalue weighted by molar-refractivity contribution is 7.89. The highest BCUT2D eigenvalue weighted by atomic mass is 32.2. The Morgan fingerprint density at radius 1 is 1.17 bits per heavy atom. The van der Waals surface area contributed by atoms with Crippen LogP contribution in [0, 0.1) is 23.0 Å². The summed E-state index contributed by atoms with van der Waals surface area (Å²) < 4.78 is 54.8.